The van der Waals surface area contributed by atoms with Gasteiger partial charge in [0.25, 0.3) is 0 Å². The smallest absolute Gasteiger partial charge is 0.0949 e. The van der Waals surface area contributed by atoms with E-state index >= 15 is 0 Å². The van der Waals surface area contributed by atoms with Crippen LogP contribution in [0.4, 0.5) is 0 Å². The van der Waals surface area contributed by atoms with E-state index in [0.717, 1.165) is 24.2 Å². The Bertz CT molecular complexity index is 272. The number of morpholine rings is 1. The number of halogens is 2. The third-order valence-corrected chi connectivity index (χ3v) is 2.70. The standard InChI is InChI=1S/C10H12BrNO.ClH/c11-9-3-1-8(2-4-9)10-7-12-5-6-13-10;/h1-4,10,12H,5-7H2;1H. The lowest BCUT2D eigenvalue weighted by Crippen LogP contribution is -2.33. The number of rotatable bonds is 1. The fourth-order valence-corrected chi connectivity index (χ4v) is 1.72. The number of hydrogen-bond donors (Lipinski definition) is 1. The fraction of sp³-hybridized carbons (Fsp3) is 0.400. The minimum atomic E-state index is 0. The summed E-state index contributed by atoms with van der Waals surface area (Å²) in [4.78, 5) is 0. The van der Waals surface area contributed by atoms with Crippen LogP contribution in [-0.4, -0.2) is 19.7 Å². The summed E-state index contributed by atoms with van der Waals surface area (Å²) < 4.78 is 6.74. The first-order chi connectivity index (χ1) is 6.36. The van der Waals surface area contributed by atoms with Gasteiger partial charge < -0.3 is 10.1 Å². The van der Waals surface area contributed by atoms with E-state index in [-0.39, 0.29) is 18.5 Å². The molecule has 1 atom stereocenters. The van der Waals surface area contributed by atoms with Gasteiger partial charge in [-0.05, 0) is 17.7 Å². The highest BCUT2D eigenvalue weighted by Gasteiger charge is 2.14. The molecule has 2 rings (SSSR count). The summed E-state index contributed by atoms with van der Waals surface area (Å²) in [5.41, 5.74) is 1.25. The molecule has 0 aliphatic carbocycles. The largest absolute Gasteiger partial charge is 0.371 e. The third-order valence-electron chi connectivity index (χ3n) is 2.17. The predicted molar refractivity (Wildman–Crippen MR) is 63.0 cm³/mol. The first kappa shape index (κ1) is 12.0. The van der Waals surface area contributed by atoms with Crippen molar-refractivity contribution < 1.29 is 4.74 Å². The molecular weight excluding hydrogens is 265 g/mol. The van der Waals surface area contributed by atoms with Crippen LogP contribution in [0, 0.1) is 0 Å². The third kappa shape index (κ3) is 2.95. The van der Waals surface area contributed by atoms with E-state index in [1.54, 1.807) is 0 Å². The molecule has 1 N–H and O–H groups in total. The van der Waals surface area contributed by atoms with E-state index in [9.17, 15) is 0 Å². The molecule has 1 aliphatic rings. The monoisotopic (exact) mass is 277 g/mol. The number of hydrogen-bond acceptors (Lipinski definition) is 2. The molecule has 78 valence electrons. The molecule has 0 saturated carbocycles. The Labute approximate surface area is 98.6 Å². The minimum absolute atomic E-state index is 0. The van der Waals surface area contributed by atoms with Crippen molar-refractivity contribution in [3.63, 3.8) is 0 Å². The molecule has 1 aromatic rings. The van der Waals surface area contributed by atoms with Crippen LogP contribution in [0.3, 0.4) is 0 Å². The SMILES string of the molecule is Brc1ccc(C2CNCCO2)cc1.Cl. The van der Waals surface area contributed by atoms with E-state index in [0.29, 0.717) is 0 Å². The average Bonchev–Trinajstić information content (AvgIpc) is 2.20. The highest BCUT2D eigenvalue weighted by atomic mass is 79.9. The Morgan fingerprint density at radius 1 is 1.29 bits per heavy atom. The summed E-state index contributed by atoms with van der Waals surface area (Å²) in [7, 11) is 0. The van der Waals surface area contributed by atoms with Crippen LogP contribution in [0.2, 0.25) is 0 Å². The van der Waals surface area contributed by atoms with Gasteiger partial charge in [0.05, 0.1) is 12.7 Å². The van der Waals surface area contributed by atoms with Crippen LogP contribution in [0.1, 0.15) is 11.7 Å². The van der Waals surface area contributed by atoms with Gasteiger partial charge in [-0.2, -0.15) is 0 Å². The van der Waals surface area contributed by atoms with Crippen molar-refractivity contribution in [3.05, 3.63) is 34.3 Å². The lowest BCUT2D eigenvalue weighted by Gasteiger charge is -2.23. The molecule has 0 bridgehead atoms. The Kier molecular flexibility index (Phi) is 4.89. The van der Waals surface area contributed by atoms with E-state index < -0.39 is 0 Å². The molecule has 0 amide bonds. The second-order valence-electron chi connectivity index (χ2n) is 3.12. The van der Waals surface area contributed by atoms with Gasteiger partial charge in [0.1, 0.15) is 0 Å². The molecule has 1 heterocycles. The molecule has 4 heteroatoms. The first-order valence-electron chi connectivity index (χ1n) is 4.44. The van der Waals surface area contributed by atoms with Gasteiger partial charge in [0, 0.05) is 17.6 Å². The summed E-state index contributed by atoms with van der Waals surface area (Å²) in [6, 6.07) is 8.30. The lowest BCUT2D eigenvalue weighted by molar-refractivity contribution is 0.0277. The first-order valence-corrected chi connectivity index (χ1v) is 5.23. The number of ether oxygens (including phenoxy) is 1. The van der Waals surface area contributed by atoms with Crippen LogP contribution >= 0.6 is 28.3 Å². The normalized spacial score (nSPS) is 21.4. The van der Waals surface area contributed by atoms with Crippen molar-refractivity contribution in [1.82, 2.24) is 5.32 Å². The van der Waals surface area contributed by atoms with Gasteiger partial charge in [-0.3, -0.25) is 0 Å². The maximum atomic E-state index is 5.63. The zero-order valence-electron chi connectivity index (χ0n) is 7.70. The number of nitrogens with one attached hydrogen (secondary N) is 1. The van der Waals surface area contributed by atoms with Crippen molar-refractivity contribution in [2.75, 3.05) is 19.7 Å². The molecule has 1 saturated heterocycles. The van der Waals surface area contributed by atoms with Crippen molar-refractivity contribution in [2.45, 2.75) is 6.10 Å². The van der Waals surface area contributed by atoms with Crippen LogP contribution in [0.25, 0.3) is 0 Å². The van der Waals surface area contributed by atoms with Gasteiger partial charge >= 0.3 is 0 Å². The zero-order chi connectivity index (χ0) is 9.10. The van der Waals surface area contributed by atoms with Crippen LogP contribution in [-0.2, 0) is 4.74 Å². The molecule has 0 spiro atoms. The second kappa shape index (κ2) is 5.71. The van der Waals surface area contributed by atoms with Gasteiger partial charge in [-0.25, -0.2) is 0 Å². The number of benzene rings is 1. The van der Waals surface area contributed by atoms with Gasteiger partial charge in [0.2, 0.25) is 0 Å². The minimum Gasteiger partial charge on any atom is -0.371 e. The maximum Gasteiger partial charge on any atom is 0.0949 e. The van der Waals surface area contributed by atoms with Crippen molar-refractivity contribution >= 4 is 28.3 Å². The second-order valence-corrected chi connectivity index (χ2v) is 4.03. The van der Waals surface area contributed by atoms with Crippen molar-refractivity contribution in [1.29, 1.82) is 0 Å². The molecule has 1 unspecified atom stereocenters. The predicted octanol–water partition coefficient (Wildman–Crippen LogP) is 2.53. The van der Waals surface area contributed by atoms with Gasteiger partial charge in [-0.1, -0.05) is 28.1 Å². The molecule has 2 nitrogen and oxygen atoms in total. The summed E-state index contributed by atoms with van der Waals surface area (Å²) in [6.07, 6.45) is 0.224. The molecule has 1 aliphatic heterocycles. The summed E-state index contributed by atoms with van der Waals surface area (Å²) >= 11 is 3.41. The van der Waals surface area contributed by atoms with E-state index in [4.69, 9.17) is 4.74 Å². The summed E-state index contributed by atoms with van der Waals surface area (Å²) in [5, 5.41) is 3.31. The Hall–Kier alpha value is -0.0900. The van der Waals surface area contributed by atoms with Crippen LogP contribution in [0.5, 0.6) is 0 Å². The van der Waals surface area contributed by atoms with Gasteiger partial charge in [0.15, 0.2) is 0 Å². The van der Waals surface area contributed by atoms with Gasteiger partial charge in [-0.15, -0.1) is 12.4 Å². The van der Waals surface area contributed by atoms with Crippen molar-refractivity contribution in [2.24, 2.45) is 0 Å². The quantitative estimate of drug-likeness (QED) is 0.852. The van der Waals surface area contributed by atoms with E-state index in [1.165, 1.54) is 5.56 Å². The van der Waals surface area contributed by atoms with Crippen LogP contribution < -0.4 is 5.32 Å². The molecule has 0 radical (unpaired) electrons. The summed E-state index contributed by atoms with van der Waals surface area (Å²) in [6.45, 7) is 2.69. The fourth-order valence-electron chi connectivity index (χ4n) is 1.46. The zero-order valence-corrected chi connectivity index (χ0v) is 10.1. The highest BCUT2D eigenvalue weighted by molar-refractivity contribution is 9.10. The lowest BCUT2D eigenvalue weighted by atomic mass is 10.1. The van der Waals surface area contributed by atoms with E-state index in [1.807, 2.05) is 12.1 Å². The Morgan fingerprint density at radius 3 is 2.57 bits per heavy atom. The topological polar surface area (TPSA) is 21.3 Å². The average molecular weight is 279 g/mol. The van der Waals surface area contributed by atoms with Crippen LogP contribution in [0.15, 0.2) is 28.7 Å². The van der Waals surface area contributed by atoms with E-state index in [2.05, 4.69) is 33.4 Å². The summed E-state index contributed by atoms with van der Waals surface area (Å²) in [5.74, 6) is 0. The van der Waals surface area contributed by atoms with Crippen molar-refractivity contribution in [3.8, 4) is 0 Å². The molecule has 0 aromatic heterocycles. The molecule has 1 fully saturated rings. The molecule has 14 heavy (non-hydrogen) atoms. The molecular formula is C10H13BrClNO. The molecule has 1 aromatic carbocycles. The Morgan fingerprint density at radius 2 is 2.00 bits per heavy atom. The maximum absolute atomic E-state index is 5.63. The highest BCUT2D eigenvalue weighted by Crippen LogP contribution is 2.20. The Balaban J connectivity index is 0.000000980.